The van der Waals surface area contributed by atoms with Crippen molar-refractivity contribution in [2.24, 2.45) is 0 Å². The molecule has 0 saturated heterocycles. The lowest BCUT2D eigenvalue weighted by Crippen LogP contribution is -2.20. The van der Waals surface area contributed by atoms with Gasteiger partial charge in [-0.05, 0) is 40.2 Å². The van der Waals surface area contributed by atoms with Crippen LogP contribution in [0.4, 0.5) is 5.13 Å². The number of carbonyl (C=O) groups is 1. The number of ether oxygens (including phenoxy) is 2. The molecular weight excluding hydrogens is 380 g/mol. The lowest BCUT2D eigenvalue weighted by atomic mass is 10.3. The van der Waals surface area contributed by atoms with E-state index in [2.05, 4.69) is 26.2 Å². The van der Waals surface area contributed by atoms with Gasteiger partial charge in [0, 0.05) is 10.5 Å². The van der Waals surface area contributed by atoms with Gasteiger partial charge in [0.05, 0.1) is 17.3 Å². The molecule has 2 aromatic carbocycles. The highest BCUT2D eigenvalue weighted by Gasteiger charge is 2.10. The zero-order valence-electron chi connectivity index (χ0n) is 12.2. The summed E-state index contributed by atoms with van der Waals surface area (Å²) >= 11 is 4.87. The number of para-hydroxylation sites is 1. The summed E-state index contributed by atoms with van der Waals surface area (Å²) < 4.78 is 12.5. The first-order valence-electron chi connectivity index (χ1n) is 6.77. The Bertz CT molecular complexity index is 850. The van der Waals surface area contributed by atoms with Crippen LogP contribution in [0.25, 0.3) is 10.2 Å². The molecule has 1 amide bonds. The summed E-state index contributed by atoms with van der Waals surface area (Å²) in [6.07, 6.45) is 0. The number of amides is 1. The Balaban J connectivity index is 1.63. The van der Waals surface area contributed by atoms with Crippen molar-refractivity contribution in [2.75, 3.05) is 19.0 Å². The number of fused-ring (bicyclic) bond motifs is 1. The second-order valence-electron chi connectivity index (χ2n) is 4.62. The largest absolute Gasteiger partial charge is 0.497 e. The first-order chi connectivity index (χ1) is 11.2. The molecule has 0 spiro atoms. The lowest BCUT2D eigenvalue weighted by molar-refractivity contribution is -0.118. The molecule has 3 aromatic rings. The van der Waals surface area contributed by atoms with E-state index in [-0.39, 0.29) is 12.5 Å². The maximum Gasteiger partial charge on any atom is 0.264 e. The van der Waals surface area contributed by atoms with Crippen molar-refractivity contribution in [2.45, 2.75) is 0 Å². The molecule has 0 bridgehead atoms. The van der Waals surface area contributed by atoms with Gasteiger partial charge in [-0.3, -0.25) is 10.1 Å². The summed E-state index contributed by atoms with van der Waals surface area (Å²) in [5.74, 6) is 0.994. The fraction of sp³-hybridized carbons (Fsp3) is 0.125. The van der Waals surface area contributed by atoms with E-state index in [1.54, 1.807) is 25.3 Å². The molecule has 0 fully saturated rings. The molecule has 1 heterocycles. The molecule has 0 aliphatic rings. The predicted molar refractivity (Wildman–Crippen MR) is 94.4 cm³/mol. The smallest absolute Gasteiger partial charge is 0.264 e. The molecule has 118 valence electrons. The molecule has 5 nitrogen and oxygen atoms in total. The molecule has 0 aliphatic carbocycles. The van der Waals surface area contributed by atoms with Gasteiger partial charge in [0.2, 0.25) is 0 Å². The number of nitrogens with zero attached hydrogens (tertiary/aromatic N) is 1. The normalized spacial score (nSPS) is 10.5. The number of anilines is 1. The van der Waals surface area contributed by atoms with Crippen LogP contribution in [0.2, 0.25) is 0 Å². The molecule has 0 aliphatic heterocycles. The number of carbonyl (C=O) groups excluding carboxylic acids is 1. The van der Waals surface area contributed by atoms with Gasteiger partial charge in [0.15, 0.2) is 11.7 Å². The van der Waals surface area contributed by atoms with Crippen molar-refractivity contribution in [1.29, 1.82) is 0 Å². The summed E-state index contributed by atoms with van der Waals surface area (Å²) in [5, 5.41) is 3.30. The number of hydrogen-bond donors (Lipinski definition) is 1. The Kier molecular flexibility index (Phi) is 4.78. The van der Waals surface area contributed by atoms with E-state index < -0.39 is 0 Å². The number of benzene rings is 2. The Morgan fingerprint density at radius 2 is 2.04 bits per heavy atom. The highest BCUT2D eigenvalue weighted by atomic mass is 79.9. The standard InChI is InChI=1S/C16H13BrN2O3S/c1-21-10-4-2-5-11(8-10)22-9-14(20)18-16-19-15-12(17)6-3-7-13(15)23-16/h2-8H,9H2,1H3,(H,18,19,20). The monoisotopic (exact) mass is 392 g/mol. The minimum absolute atomic E-state index is 0.0930. The van der Waals surface area contributed by atoms with Crippen LogP contribution in [-0.4, -0.2) is 24.6 Å². The van der Waals surface area contributed by atoms with Crippen molar-refractivity contribution in [1.82, 2.24) is 4.98 Å². The van der Waals surface area contributed by atoms with Gasteiger partial charge in [-0.25, -0.2) is 4.98 Å². The van der Waals surface area contributed by atoms with E-state index >= 15 is 0 Å². The third-order valence-electron chi connectivity index (χ3n) is 3.03. The van der Waals surface area contributed by atoms with Gasteiger partial charge in [0.1, 0.15) is 11.5 Å². The zero-order valence-corrected chi connectivity index (χ0v) is 14.6. The molecule has 0 saturated carbocycles. The first-order valence-corrected chi connectivity index (χ1v) is 8.38. The van der Waals surface area contributed by atoms with E-state index in [1.807, 2.05) is 24.3 Å². The number of thiazole rings is 1. The lowest BCUT2D eigenvalue weighted by Gasteiger charge is -2.07. The Morgan fingerprint density at radius 3 is 2.83 bits per heavy atom. The van der Waals surface area contributed by atoms with E-state index in [0.29, 0.717) is 16.6 Å². The minimum atomic E-state index is -0.261. The van der Waals surface area contributed by atoms with E-state index in [4.69, 9.17) is 9.47 Å². The molecule has 1 N–H and O–H groups in total. The topological polar surface area (TPSA) is 60.5 Å². The Labute approximate surface area is 145 Å². The van der Waals surface area contributed by atoms with Crippen LogP contribution in [-0.2, 0) is 4.79 Å². The van der Waals surface area contributed by atoms with Crippen LogP contribution >= 0.6 is 27.3 Å². The minimum Gasteiger partial charge on any atom is -0.497 e. The summed E-state index contributed by atoms with van der Waals surface area (Å²) in [4.78, 5) is 16.4. The van der Waals surface area contributed by atoms with E-state index in [1.165, 1.54) is 11.3 Å². The highest BCUT2D eigenvalue weighted by molar-refractivity contribution is 9.10. The number of nitrogens with one attached hydrogen (secondary N) is 1. The molecule has 0 radical (unpaired) electrons. The molecular formula is C16H13BrN2O3S. The van der Waals surface area contributed by atoms with Crippen LogP contribution in [0, 0.1) is 0 Å². The molecule has 0 unspecified atom stereocenters. The van der Waals surface area contributed by atoms with Crippen molar-refractivity contribution in [3.63, 3.8) is 0 Å². The second-order valence-corrected chi connectivity index (χ2v) is 6.51. The summed E-state index contributed by atoms with van der Waals surface area (Å²) in [6, 6.07) is 12.9. The van der Waals surface area contributed by atoms with Gasteiger partial charge in [-0.15, -0.1) is 0 Å². The van der Waals surface area contributed by atoms with Gasteiger partial charge >= 0.3 is 0 Å². The van der Waals surface area contributed by atoms with Crippen molar-refractivity contribution >= 4 is 48.5 Å². The van der Waals surface area contributed by atoms with Gasteiger partial charge in [-0.2, -0.15) is 0 Å². The van der Waals surface area contributed by atoms with Crippen LogP contribution < -0.4 is 14.8 Å². The van der Waals surface area contributed by atoms with Gasteiger partial charge < -0.3 is 9.47 Å². The van der Waals surface area contributed by atoms with Gasteiger partial charge in [-0.1, -0.05) is 23.5 Å². The van der Waals surface area contributed by atoms with Gasteiger partial charge in [0.25, 0.3) is 5.91 Å². The first kappa shape index (κ1) is 15.8. The molecule has 3 rings (SSSR count). The van der Waals surface area contributed by atoms with Crippen LogP contribution in [0.5, 0.6) is 11.5 Å². The highest BCUT2D eigenvalue weighted by Crippen LogP contribution is 2.30. The fourth-order valence-corrected chi connectivity index (χ4v) is 3.46. The average Bonchev–Trinajstić information content (AvgIpc) is 2.97. The van der Waals surface area contributed by atoms with Crippen molar-refractivity contribution < 1.29 is 14.3 Å². The number of hydrogen-bond acceptors (Lipinski definition) is 5. The third-order valence-corrected chi connectivity index (χ3v) is 4.60. The number of halogens is 1. The average molecular weight is 393 g/mol. The van der Waals surface area contributed by atoms with Crippen LogP contribution in [0.1, 0.15) is 0 Å². The second kappa shape index (κ2) is 6.97. The molecule has 7 heteroatoms. The number of rotatable bonds is 5. The zero-order chi connectivity index (χ0) is 16.2. The maximum absolute atomic E-state index is 12.0. The van der Waals surface area contributed by atoms with Crippen molar-refractivity contribution in [3.05, 3.63) is 46.9 Å². The summed E-state index contributed by atoms with van der Waals surface area (Å²) in [5.41, 5.74) is 0.835. The summed E-state index contributed by atoms with van der Waals surface area (Å²) in [7, 11) is 1.58. The molecule has 1 aromatic heterocycles. The maximum atomic E-state index is 12.0. The Morgan fingerprint density at radius 1 is 1.26 bits per heavy atom. The molecule has 23 heavy (non-hydrogen) atoms. The summed E-state index contributed by atoms with van der Waals surface area (Å²) in [6.45, 7) is -0.0930. The Hall–Kier alpha value is -2.12. The quantitative estimate of drug-likeness (QED) is 0.710. The van der Waals surface area contributed by atoms with E-state index in [9.17, 15) is 4.79 Å². The SMILES string of the molecule is COc1cccc(OCC(=O)Nc2nc3c(Br)cccc3s2)c1. The van der Waals surface area contributed by atoms with Crippen LogP contribution in [0.15, 0.2) is 46.9 Å². The number of aromatic nitrogens is 1. The van der Waals surface area contributed by atoms with Crippen LogP contribution in [0.3, 0.4) is 0 Å². The molecule has 0 atom stereocenters. The fourth-order valence-electron chi connectivity index (χ4n) is 1.96. The van der Waals surface area contributed by atoms with E-state index in [0.717, 1.165) is 14.7 Å². The van der Waals surface area contributed by atoms with Crippen molar-refractivity contribution in [3.8, 4) is 11.5 Å². The number of methoxy groups -OCH3 is 1. The third kappa shape index (κ3) is 3.80. The predicted octanol–water partition coefficient (Wildman–Crippen LogP) is 4.08.